The molecule has 0 aliphatic carbocycles. The zero-order chi connectivity index (χ0) is 16.8. The van der Waals surface area contributed by atoms with Crippen LogP contribution in [0.4, 0.5) is 13.2 Å². The number of benzene rings is 1. The number of halogens is 3. The van der Waals surface area contributed by atoms with E-state index in [1.807, 2.05) is 0 Å². The average molecular weight is 318 g/mol. The summed E-state index contributed by atoms with van der Waals surface area (Å²) >= 11 is 0. The van der Waals surface area contributed by atoms with Crippen molar-refractivity contribution in [2.24, 2.45) is 5.73 Å². The van der Waals surface area contributed by atoms with Gasteiger partial charge in [0.25, 0.3) is 0 Å². The average Bonchev–Trinajstić information content (AvgIpc) is 2.44. The molecule has 0 saturated carbocycles. The fourth-order valence-electron chi connectivity index (χ4n) is 1.72. The van der Waals surface area contributed by atoms with Crippen LogP contribution in [-0.4, -0.2) is 31.1 Å². The zero-order valence-corrected chi connectivity index (χ0v) is 11.9. The Morgan fingerprint density at radius 1 is 1.27 bits per heavy atom. The Hall–Kier alpha value is -2.09. The maximum Gasteiger partial charge on any atom is 0.416 e. The maximum atomic E-state index is 12.5. The lowest BCUT2D eigenvalue weighted by molar-refractivity contribution is -0.137. The molecule has 0 spiro atoms. The van der Waals surface area contributed by atoms with E-state index in [2.05, 4.69) is 5.32 Å². The van der Waals surface area contributed by atoms with Crippen LogP contribution in [0, 0.1) is 0 Å². The Labute approximate surface area is 125 Å². The Morgan fingerprint density at radius 3 is 2.32 bits per heavy atom. The second-order valence-corrected chi connectivity index (χ2v) is 4.56. The molecule has 1 atom stereocenters. The number of nitrogens with one attached hydrogen (secondary N) is 1. The van der Waals surface area contributed by atoms with E-state index in [0.29, 0.717) is 12.2 Å². The number of carbonyl (C=O) groups excluding carboxylic acids is 2. The highest BCUT2D eigenvalue weighted by atomic mass is 19.4. The molecule has 0 aliphatic heterocycles. The van der Waals surface area contributed by atoms with Crippen LogP contribution in [0.2, 0.25) is 0 Å². The normalized spacial score (nSPS) is 12.7. The Kier molecular flexibility index (Phi) is 6.36. The van der Waals surface area contributed by atoms with E-state index in [4.69, 9.17) is 10.5 Å². The molecule has 5 nitrogen and oxygen atoms in total. The molecule has 122 valence electrons. The molecule has 1 aromatic rings. The summed E-state index contributed by atoms with van der Waals surface area (Å²) < 4.78 is 42.3. The van der Waals surface area contributed by atoms with Gasteiger partial charge in [-0.05, 0) is 24.6 Å². The van der Waals surface area contributed by atoms with Gasteiger partial charge >= 0.3 is 6.18 Å². The molecular weight excluding hydrogens is 301 g/mol. The minimum Gasteiger partial charge on any atom is -0.372 e. The first-order valence-corrected chi connectivity index (χ1v) is 6.56. The first-order valence-electron chi connectivity index (χ1n) is 6.56. The molecule has 1 rings (SSSR count). The van der Waals surface area contributed by atoms with Gasteiger partial charge in [-0.3, -0.25) is 9.59 Å². The summed E-state index contributed by atoms with van der Waals surface area (Å²) in [6.45, 7) is 1.84. The van der Waals surface area contributed by atoms with Crippen molar-refractivity contribution in [1.29, 1.82) is 0 Å². The van der Waals surface area contributed by atoms with Crippen molar-refractivity contribution in [3.63, 3.8) is 0 Å². The monoisotopic (exact) mass is 318 g/mol. The van der Waals surface area contributed by atoms with Crippen molar-refractivity contribution in [2.45, 2.75) is 25.6 Å². The predicted octanol–water partition coefficient (Wildman–Crippen LogP) is 1.25. The van der Waals surface area contributed by atoms with Gasteiger partial charge in [-0.25, -0.2) is 0 Å². The van der Waals surface area contributed by atoms with Gasteiger partial charge in [-0.15, -0.1) is 0 Å². The predicted molar refractivity (Wildman–Crippen MR) is 72.8 cm³/mol. The zero-order valence-electron chi connectivity index (χ0n) is 11.9. The number of hydrogen-bond donors (Lipinski definition) is 2. The molecule has 0 aliphatic rings. The lowest BCUT2D eigenvalue weighted by Crippen LogP contribution is -2.47. The maximum absolute atomic E-state index is 12.5. The van der Waals surface area contributed by atoms with E-state index in [9.17, 15) is 22.8 Å². The van der Waals surface area contributed by atoms with Crippen LogP contribution >= 0.6 is 0 Å². The van der Waals surface area contributed by atoms with Crippen molar-refractivity contribution in [3.8, 4) is 0 Å². The molecule has 8 heteroatoms. The number of alkyl halides is 3. The Morgan fingerprint density at radius 2 is 1.86 bits per heavy atom. The molecule has 1 aromatic carbocycles. The molecule has 2 amide bonds. The number of amides is 2. The molecule has 22 heavy (non-hydrogen) atoms. The van der Waals surface area contributed by atoms with Gasteiger partial charge in [-0.2, -0.15) is 13.2 Å². The van der Waals surface area contributed by atoms with E-state index in [0.717, 1.165) is 12.1 Å². The van der Waals surface area contributed by atoms with Gasteiger partial charge in [0.1, 0.15) is 12.6 Å². The van der Waals surface area contributed by atoms with Gasteiger partial charge in [0, 0.05) is 13.0 Å². The summed E-state index contributed by atoms with van der Waals surface area (Å²) in [7, 11) is 0. The summed E-state index contributed by atoms with van der Waals surface area (Å²) in [4.78, 5) is 22.8. The second-order valence-electron chi connectivity index (χ2n) is 4.56. The highest BCUT2D eigenvalue weighted by molar-refractivity contribution is 5.87. The van der Waals surface area contributed by atoms with Gasteiger partial charge in [0.05, 0.1) is 5.56 Å². The SMILES string of the molecule is CCOCC(=O)N[C@@H](Cc1ccc(C(F)(F)F)cc1)C(N)=O. The van der Waals surface area contributed by atoms with Gasteiger partial charge in [0.15, 0.2) is 0 Å². The standard InChI is InChI=1S/C14H17F3N2O3/c1-2-22-8-12(20)19-11(13(18)21)7-9-3-5-10(6-4-9)14(15,16)17/h3-6,11H,2,7-8H2,1H3,(H2,18,21)(H,19,20)/t11-/m0/s1. The Balaban J connectivity index is 2.71. The molecule has 0 radical (unpaired) electrons. The quantitative estimate of drug-likeness (QED) is 0.794. The first-order chi connectivity index (χ1) is 10.2. The van der Waals surface area contributed by atoms with E-state index in [-0.39, 0.29) is 13.0 Å². The van der Waals surface area contributed by atoms with Crippen molar-refractivity contribution in [1.82, 2.24) is 5.32 Å². The summed E-state index contributed by atoms with van der Waals surface area (Å²) in [5.74, 6) is -1.29. The lowest BCUT2D eigenvalue weighted by atomic mass is 10.0. The van der Waals surface area contributed by atoms with Gasteiger partial charge < -0.3 is 15.8 Å². The second kappa shape index (κ2) is 7.79. The van der Waals surface area contributed by atoms with E-state index in [1.54, 1.807) is 6.92 Å². The number of hydrogen-bond acceptors (Lipinski definition) is 3. The van der Waals surface area contributed by atoms with Crippen molar-refractivity contribution in [3.05, 3.63) is 35.4 Å². The highest BCUT2D eigenvalue weighted by Gasteiger charge is 2.30. The lowest BCUT2D eigenvalue weighted by Gasteiger charge is -2.16. The summed E-state index contributed by atoms with van der Waals surface area (Å²) in [5, 5.41) is 2.38. The smallest absolute Gasteiger partial charge is 0.372 e. The first kappa shape index (κ1) is 18.0. The van der Waals surface area contributed by atoms with Crippen LogP contribution in [0.3, 0.4) is 0 Å². The Bertz CT molecular complexity index is 515. The van der Waals surface area contributed by atoms with Crippen LogP contribution in [0.25, 0.3) is 0 Å². The molecule has 0 aromatic heterocycles. The third kappa shape index (κ3) is 5.72. The highest BCUT2D eigenvalue weighted by Crippen LogP contribution is 2.29. The summed E-state index contributed by atoms with van der Waals surface area (Å²) in [6, 6.07) is 3.30. The molecule has 0 bridgehead atoms. The van der Waals surface area contributed by atoms with Crippen LogP contribution in [0.1, 0.15) is 18.1 Å². The number of ether oxygens (including phenoxy) is 1. The number of primary amides is 1. The minimum atomic E-state index is -4.42. The summed E-state index contributed by atoms with van der Waals surface area (Å²) in [6.07, 6.45) is -4.42. The number of carbonyl (C=O) groups is 2. The topological polar surface area (TPSA) is 81.4 Å². The molecular formula is C14H17F3N2O3. The molecule has 0 heterocycles. The minimum absolute atomic E-state index is 0.00529. The van der Waals surface area contributed by atoms with Crippen LogP contribution in [-0.2, 0) is 26.9 Å². The molecule has 0 fully saturated rings. The number of nitrogens with two attached hydrogens (primary N) is 1. The number of rotatable bonds is 7. The molecule has 3 N–H and O–H groups in total. The van der Waals surface area contributed by atoms with Crippen molar-refractivity contribution < 1.29 is 27.5 Å². The summed E-state index contributed by atoms with van der Waals surface area (Å²) in [5.41, 5.74) is 4.85. The molecule has 0 saturated heterocycles. The van der Waals surface area contributed by atoms with Crippen molar-refractivity contribution in [2.75, 3.05) is 13.2 Å². The van der Waals surface area contributed by atoms with E-state index < -0.39 is 29.6 Å². The van der Waals surface area contributed by atoms with Crippen LogP contribution < -0.4 is 11.1 Å². The molecule has 0 unspecified atom stereocenters. The van der Waals surface area contributed by atoms with E-state index >= 15 is 0 Å². The van der Waals surface area contributed by atoms with Crippen molar-refractivity contribution >= 4 is 11.8 Å². The fourth-order valence-corrected chi connectivity index (χ4v) is 1.72. The largest absolute Gasteiger partial charge is 0.416 e. The van der Waals surface area contributed by atoms with E-state index in [1.165, 1.54) is 12.1 Å². The third-order valence-electron chi connectivity index (χ3n) is 2.84. The van der Waals surface area contributed by atoms with Gasteiger partial charge in [-0.1, -0.05) is 12.1 Å². The fraction of sp³-hybridized carbons (Fsp3) is 0.429. The van der Waals surface area contributed by atoms with Crippen LogP contribution in [0.5, 0.6) is 0 Å². The third-order valence-corrected chi connectivity index (χ3v) is 2.84. The van der Waals surface area contributed by atoms with Crippen LogP contribution in [0.15, 0.2) is 24.3 Å². The van der Waals surface area contributed by atoms with Gasteiger partial charge in [0.2, 0.25) is 11.8 Å².